The Balaban J connectivity index is 1.69. The lowest BCUT2D eigenvalue weighted by Crippen LogP contribution is -2.43. The van der Waals surface area contributed by atoms with Crippen LogP contribution < -0.4 is 11.4 Å². The predicted molar refractivity (Wildman–Crippen MR) is 108 cm³/mol. The molecule has 10 nitrogen and oxygen atoms in total. The molecule has 2 unspecified atom stereocenters. The van der Waals surface area contributed by atoms with E-state index in [0.29, 0.717) is 12.0 Å². The number of hydrogen-bond donors (Lipinski definition) is 2. The lowest BCUT2D eigenvalue weighted by molar-refractivity contribution is -0.0641. The molecule has 3 N–H and O–H groups in total. The SMILES string of the molecule is [B][P+]1(O)OC[C@H]2O[C@@H](n3ccc(N)nc3=O)C(OC(=O)c3ccccc3CC)[C@H]2O1. The van der Waals surface area contributed by atoms with E-state index in [1.807, 2.05) is 19.1 Å². The summed E-state index contributed by atoms with van der Waals surface area (Å²) in [6, 6.07) is 8.45. The zero-order valence-electron chi connectivity index (χ0n) is 16.1. The van der Waals surface area contributed by atoms with Crippen LogP contribution in [0.2, 0.25) is 0 Å². The molecule has 4 rings (SSSR count). The van der Waals surface area contributed by atoms with Gasteiger partial charge in [-0.1, -0.05) is 25.1 Å². The highest BCUT2D eigenvalue weighted by atomic mass is 31.2. The summed E-state index contributed by atoms with van der Waals surface area (Å²) in [5.41, 5.74) is 6.06. The average molecular weight is 432 g/mol. The van der Waals surface area contributed by atoms with Crippen LogP contribution in [-0.4, -0.2) is 52.9 Å². The predicted octanol–water partition coefficient (Wildman–Crippen LogP) is 0.765. The second kappa shape index (κ2) is 8.09. The second-order valence-corrected chi connectivity index (χ2v) is 8.52. The van der Waals surface area contributed by atoms with E-state index in [9.17, 15) is 14.5 Å². The minimum atomic E-state index is -3.61. The molecule has 0 aliphatic carbocycles. The standard InChI is InChI=1S/C18H20BN3O7P/c1-2-10-5-3-4-6-11(10)17(23)28-15-14-12(9-26-30(19,25)29-14)27-16(15)22-8-7-13(20)21-18(22)24/h3-8,12,14-16,25H,2,9H2,1H3,(H2,20,21,24)/q+1/t12-,14+,15?,16-,30?/m1/s1. The van der Waals surface area contributed by atoms with Crippen LogP contribution in [0, 0.1) is 0 Å². The maximum Gasteiger partial charge on any atom is 0.488 e. The molecular formula is C18H20BN3O7P+. The summed E-state index contributed by atoms with van der Waals surface area (Å²) in [6.07, 6.45) is -1.80. The summed E-state index contributed by atoms with van der Waals surface area (Å²) in [5.74, 6) is -0.573. The Morgan fingerprint density at radius 3 is 2.93 bits per heavy atom. The Labute approximate surface area is 173 Å². The molecule has 2 aromatic rings. The number of rotatable bonds is 4. The number of benzene rings is 1. The van der Waals surface area contributed by atoms with Crippen molar-refractivity contribution >= 4 is 27.2 Å². The van der Waals surface area contributed by atoms with Crippen molar-refractivity contribution in [2.24, 2.45) is 0 Å². The van der Waals surface area contributed by atoms with E-state index in [1.165, 1.54) is 12.3 Å². The van der Waals surface area contributed by atoms with Gasteiger partial charge in [-0.3, -0.25) is 4.57 Å². The van der Waals surface area contributed by atoms with Crippen LogP contribution in [0.15, 0.2) is 41.3 Å². The van der Waals surface area contributed by atoms with Gasteiger partial charge in [0.2, 0.25) is 0 Å². The number of ether oxygens (including phenoxy) is 2. The van der Waals surface area contributed by atoms with Gasteiger partial charge in [0.05, 0.1) is 5.56 Å². The maximum absolute atomic E-state index is 13.0. The van der Waals surface area contributed by atoms with Crippen LogP contribution in [0.4, 0.5) is 5.82 Å². The molecule has 2 fully saturated rings. The number of nitrogens with zero attached hydrogens (tertiary/aromatic N) is 2. The van der Waals surface area contributed by atoms with Gasteiger partial charge in [0.15, 0.2) is 18.4 Å². The van der Waals surface area contributed by atoms with E-state index in [2.05, 4.69) is 4.98 Å². The van der Waals surface area contributed by atoms with Gasteiger partial charge in [-0.05, 0) is 24.1 Å². The van der Waals surface area contributed by atoms with Crippen LogP contribution in [0.5, 0.6) is 0 Å². The first-order valence-corrected chi connectivity index (χ1v) is 11.0. The minimum Gasteiger partial charge on any atom is -0.451 e. The number of aryl methyl sites for hydroxylation is 1. The monoisotopic (exact) mass is 432 g/mol. The number of nitrogen functional groups attached to an aromatic ring is 1. The number of anilines is 1. The van der Waals surface area contributed by atoms with Crippen molar-refractivity contribution in [1.29, 1.82) is 0 Å². The van der Waals surface area contributed by atoms with Gasteiger partial charge in [-0.15, -0.1) is 0 Å². The van der Waals surface area contributed by atoms with E-state index in [-0.39, 0.29) is 12.4 Å². The van der Waals surface area contributed by atoms with Gasteiger partial charge in [-0.2, -0.15) is 14.0 Å². The van der Waals surface area contributed by atoms with Gasteiger partial charge < -0.3 is 15.2 Å². The third-order valence-corrected chi connectivity index (χ3v) is 6.03. The van der Waals surface area contributed by atoms with Crippen molar-refractivity contribution in [1.82, 2.24) is 9.55 Å². The molecule has 0 amide bonds. The Hall–Kier alpha value is -2.30. The molecule has 0 saturated carbocycles. The molecule has 2 aliphatic rings. The third-order valence-electron chi connectivity index (χ3n) is 4.97. The number of esters is 1. The highest BCUT2D eigenvalue weighted by Crippen LogP contribution is 2.58. The first kappa shape index (κ1) is 21.0. The van der Waals surface area contributed by atoms with Crippen LogP contribution in [-0.2, 0) is 24.9 Å². The lowest BCUT2D eigenvalue weighted by atomic mass is 10.1. The van der Waals surface area contributed by atoms with Crippen LogP contribution in [0.1, 0.15) is 29.1 Å². The maximum atomic E-state index is 13.0. The molecule has 5 atom stereocenters. The zero-order valence-corrected chi connectivity index (χ0v) is 17.0. The Morgan fingerprint density at radius 1 is 1.43 bits per heavy atom. The zero-order chi connectivity index (χ0) is 21.5. The van der Waals surface area contributed by atoms with Gasteiger partial charge in [0, 0.05) is 6.20 Å². The highest BCUT2D eigenvalue weighted by Gasteiger charge is 2.59. The largest absolute Gasteiger partial charge is 0.488 e. The number of aromatic nitrogens is 2. The van der Waals surface area contributed by atoms with E-state index in [0.717, 1.165) is 10.1 Å². The molecule has 2 radical (unpaired) electrons. The quantitative estimate of drug-likeness (QED) is 0.408. The topological polar surface area (TPSA) is 135 Å². The molecule has 30 heavy (non-hydrogen) atoms. The van der Waals surface area contributed by atoms with Crippen molar-refractivity contribution in [3.63, 3.8) is 0 Å². The smallest absolute Gasteiger partial charge is 0.451 e. The number of nitrogens with two attached hydrogens (primary N) is 1. The van der Waals surface area contributed by atoms with E-state index in [4.69, 9.17) is 31.8 Å². The molecule has 3 heterocycles. The van der Waals surface area contributed by atoms with E-state index < -0.39 is 44.0 Å². The molecule has 0 bridgehead atoms. The second-order valence-electron chi connectivity index (χ2n) is 6.92. The average Bonchev–Trinajstić information content (AvgIpc) is 3.04. The number of hydrogen-bond acceptors (Lipinski definition) is 9. The molecule has 1 aromatic carbocycles. The van der Waals surface area contributed by atoms with Gasteiger partial charge in [-0.25, -0.2) is 14.5 Å². The first-order valence-electron chi connectivity index (χ1n) is 9.31. The highest BCUT2D eigenvalue weighted by molar-refractivity contribution is 7.85. The number of carbonyl (C=O) groups excluding carboxylic acids is 1. The minimum absolute atomic E-state index is 0.0407. The summed E-state index contributed by atoms with van der Waals surface area (Å²) in [4.78, 5) is 39.1. The van der Waals surface area contributed by atoms with Gasteiger partial charge in [0.1, 0.15) is 18.5 Å². The fourth-order valence-electron chi connectivity index (χ4n) is 3.54. The van der Waals surface area contributed by atoms with Crippen LogP contribution in [0.3, 0.4) is 0 Å². The molecule has 0 spiro atoms. The molecule has 1 aromatic heterocycles. The molecule has 12 heteroatoms. The van der Waals surface area contributed by atoms with Gasteiger partial charge in [0.25, 0.3) is 0 Å². The summed E-state index contributed by atoms with van der Waals surface area (Å²) >= 11 is 0. The van der Waals surface area contributed by atoms with Crippen LogP contribution in [0.25, 0.3) is 0 Å². The fourth-order valence-corrected chi connectivity index (χ4v) is 4.56. The van der Waals surface area contributed by atoms with Crippen molar-refractivity contribution in [2.75, 3.05) is 12.3 Å². The summed E-state index contributed by atoms with van der Waals surface area (Å²) in [7, 11) is 2.04. The Bertz CT molecular complexity index is 1020. The number of fused-ring (bicyclic) bond motifs is 1. The summed E-state index contributed by atoms with van der Waals surface area (Å²) < 4.78 is 23.4. The van der Waals surface area contributed by atoms with Crippen LogP contribution >= 0.6 is 7.82 Å². The lowest BCUT2D eigenvalue weighted by Gasteiger charge is -2.29. The number of carbonyl (C=O) groups is 1. The Kier molecular flexibility index (Phi) is 5.65. The summed E-state index contributed by atoms with van der Waals surface area (Å²) in [6.45, 7) is 1.84. The Morgan fingerprint density at radius 2 is 2.20 bits per heavy atom. The van der Waals surface area contributed by atoms with Crippen molar-refractivity contribution in [2.45, 2.75) is 37.9 Å². The van der Waals surface area contributed by atoms with Crippen molar-refractivity contribution in [3.05, 3.63) is 58.1 Å². The van der Waals surface area contributed by atoms with Crippen molar-refractivity contribution < 1.29 is 28.2 Å². The summed E-state index contributed by atoms with van der Waals surface area (Å²) in [5, 5.41) is 0. The molecule has 2 saturated heterocycles. The van der Waals surface area contributed by atoms with Gasteiger partial charge >= 0.3 is 27.0 Å². The molecule has 156 valence electrons. The molecular weight excluding hydrogens is 412 g/mol. The normalized spacial score (nSPS) is 30.6. The van der Waals surface area contributed by atoms with E-state index >= 15 is 0 Å². The van der Waals surface area contributed by atoms with E-state index in [1.54, 1.807) is 12.1 Å². The fraction of sp³-hybridized carbons (Fsp3) is 0.389. The third kappa shape index (κ3) is 3.99. The van der Waals surface area contributed by atoms with Crippen molar-refractivity contribution in [3.8, 4) is 0 Å². The first-order chi connectivity index (χ1) is 14.3. The molecule has 2 aliphatic heterocycles.